The summed E-state index contributed by atoms with van der Waals surface area (Å²) in [6.45, 7) is 0. The Balaban J connectivity index is 2.55. The second-order valence-electron chi connectivity index (χ2n) is 3.89. The molecule has 0 aliphatic heterocycles. The van der Waals surface area contributed by atoms with E-state index in [1.165, 1.54) is 20.3 Å². The number of hydrogen-bond acceptors (Lipinski definition) is 4. The van der Waals surface area contributed by atoms with Crippen LogP contribution in [-0.2, 0) is 20.7 Å². The average Bonchev–Trinajstić information content (AvgIpc) is 2.38. The molecule has 0 fully saturated rings. The number of carbonyl (C=O) groups is 1. The Morgan fingerprint density at radius 1 is 1.28 bits per heavy atom. The number of aliphatic hydroxyl groups is 1. The number of aliphatic hydroxyl groups excluding tert-OH is 1. The molecule has 98 valence electrons. The van der Waals surface area contributed by atoms with Gasteiger partial charge in [0.1, 0.15) is 5.76 Å². The number of methoxy groups -OCH3 is 2. The van der Waals surface area contributed by atoms with E-state index in [0.29, 0.717) is 12.2 Å². The van der Waals surface area contributed by atoms with Crippen LogP contribution < -0.4 is 0 Å². The predicted octanol–water partition coefficient (Wildman–Crippen LogP) is 1.68. The first-order chi connectivity index (χ1) is 8.65. The minimum absolute atomic E-state index is 0.278. The molecule has 1 aromatic rings. The van der Waals surface area contributed by atoms with Crippen molar-refractivity contribution in [2.24, 2.45) is 0 Å². The van der Waals surface area contributed by atoms with Gasteiger partial charge in [0.25, 0.3) is 0 Å². The fourth-order valence-corrected chi connectivity index (χ4v) is 1.58. The molecule has 0 spiro atoms. The molecule has 1 rings (SSSR count). The van der Waals surface area contributed by atoms with E-state index in [4.69, 9.17) is 4.74 Å². The van der Waals surface area contributed by atoms with Gasteiger partial charge in [-0.2, -0.15) is 0 Å². The Kier molecular flexibility index (Phi) is 5.94. The maximum Gasteiger partial charge on any atom is 0.333 e. The lowest BCUT2D eigenvalue weighted by molar-refractivity contribution is -0.135. The molecule has 0 aromatic heterocycles. The minimum Gasteiger partial charge on any atom is -0.501 e. The van der Waals surface area contributed by atoms with E-state index >= 15 is 0 Å². The molecule has 18 heavy (non-hydrogen) atoms. The molecule has 0 aliphatic carbocycles. The predicted molar refractivity (Wildman–Crippen MR) is 67.9 cm³/mol. The summed E-state index contributed by atoms with van der Waals surface area (Å²) >= 11 is 0. The van der Waals surface area contributed by atoms with Gasteiger partial charge < -0.3 is 14.6 Å². The Morgan fingerprint density at radius 2 is 1.94 bits per heavy atom. The van der Waals surface area contributed by atoms with Gasteiger partial charge in [0.15, 0.2) is 0 Å². The summed E-state index contributed by atoms with van der Waals surface area (Å²) in [4.78, 5) is 11.1. The van der Waals surface area contributed by atoms with Crippen LogP contribution in [0.3, 0.4) is 0 Å². The third kappa shape index (κ3) is 5.01. The van der Waals surface area contributed by atoms with Gasteiger partial charge in [-0.15, -0.1) is 0 Å². The molecule has 1 N–H and O–H groups in total. The molecule has 0 aliphatic rings. The number of esters is 1. The normalized spacial score (nSPS) is 12.9. The molecule has 0 saturated carbocycles. The zero-order chi connectivity index (χ0) is 13.4. The second kappa shape index (κ2) is 7.50. The van der Waals surface area contributed by atoms with E-state index in [2.05, 4.69) is 4.74 Å². The van der Waals surface area contributed by atoms with Gasteiger partial charge in [-0.25, -0.2) is 4.79 Å². The molecular formula is C14H18O4. The second-order valence-corrected chi connectivity index (χ2v) is 3.89. The fourth-order valence-electron chi connectivity index (χ4n) is 1.58. The highest BCUT2D eigenvalue weighted by Crippen LogP contribution is 2.11. The number of rotatable bonds is 6. The van der Waals surface area contributed by atoms with Crippen LogP contribution in [0.15, 0.2) is 42.2 Å². The summed E-state index contributed by atoms with van der Waals surface area (Å²) in [6.07, 6.45) is 1.44. The molecule has 0 heterocycles. The van der Waals surface area contributed by atoms with Crippen LogP contribution in [0.5, 0.6) is 0 Å². The van der Waals surface area contributed by atoms with E-state index < -0.39 is 12.1 Å². The third-order valence-electron chi connectivity index (χ3n) is 2.49. The Labute approximate surface area is 107 Å². The highest BCUT2D eigenvalue weighted by atomic mass is 16.5. The first-order valence-corrected chi connectivity index (χ1v) is 5.70. The van der Waals surface area contributed by atoms with Crippen LogP contribution in [-0.4, -0.2) is 31.4 Å². The van der Waals surface area contributed by atoms with Crippen LogP contribution in [0.25, 0.3) is 0 Å². The monoisotopic (exact) mass is 250 g/mol. The van der Waals surface area contributed by atoms with Crippen molar-refractivity contribution in [1.29, 1.82) is 0 Å². The van der Waals surface area contributed by atoms with E-state index in [0.717, 1.165) is 5.56 Å². The van der Waals surface area contributed by atoms with Gasteiger partial charge in [0.05, 0.1) is 26.4 Å². The zero-order valence-electron chi connectivity index (χ0n) is 10.6. The largest absolute Gasteiger partial charge is 0.501 e. The van der Waals surface area contributed by atoms with Crippen molar-refractivity contribution >= 4 is 5.97 Å². The molecule has 0 bridgehead atoms. The molecule has 4 heteroatoms. The van der Waals surface area contributed by atoms with Crippen LogP contribution in [0.2, 0.25) is 0 Å². The highest BCUT2D eigenvalue weighted by molar-refractivity contribution is 5.82. The summed E-state index contributed by atoms with van der Waals surface area (Å²) < 4.78 is 9.54. The Bertz CT molecular complexity index is 398. The van der Waals surface area contributed by atoms with Crippen LogP contribution in [0, 0.1) is 0 Å². The van der Waals surface area contributed by atoms with E-state index in [1.807, 2.05) is 30.3 Å². The van der Waals surface area contributed by atoms with Gasteiger partial charge in [-0.1, -0.05) is 30.3 Å². The van der Waals surface area contributed by atoms with E-state index in [9.17, 15) is 9.90 Å². The zero-order valence-corrected chi connectivity index (χ0v) is 10.6. The summed E-state index contributed by atoms with van der Waals surface area (Å²) in [5.74, 6) is -0.0796. The Hall–Kier alpha value is -1.81. The number of ether oxygens (including phenoxy) is 2. The molecule has 1 unspecified atom stereocenters. The number of hydrogen-bond donors (Lipinski definition) is 1. The summed E-state index contributed by atoms with van der Waals surface area (Å²) in [5.41, 5.74) is 1.04. The number of benzene rings is 1. The molecule has 4 nitrogen and oxygen atoms in total. The molecule has 1 aromatic carbocycles. The molecule has 0 saturated heterocycles. The fraction of sp³-hybridized carbons (Fsp3) is 0.357. The first kappa shape index (κ1) is 14.3. The Morgan fingerprint density at radius 3 is 2.50 bits per heavy atom. The van der Waals surface area contributed by atoms with E-state index in [-0.39, 0.29) is 6.42 Å². The maximum absolute atomic E-state index is 11.1. The molecular weight excluding hydrogens is 232 g/mol. The van der Waals surface area contributed by atoms with Gasteiger partial charge in [-0.05, 0) is 12.0 Å². The summed E-state index contributed by atoms with van der Waals surface area (Å²) in [5, 5.41) is 9.92. The lowest BCUT2D eigenvalue weighted by atomic mass is 10.0. The van der Waals surface area contributed by atoms with Crippen LogP contribution in [0.4, 0.5) is 0 Å². The van der Waals surface area contributed by atoms with Crippen molar-refractivity contribution in [2.45, 2.75) is 18.9 Å². The maximum atomic E-state index is 11.1. The average molecular weight is 250 g/mol. The van der Waals surface area contributed by atoms with Crippen molar-refractivity contribution in [3.05, 3.63) is 47.7 Å². The van der Waals surface area contributed by atoms with Crippen molar-refractivity contribution in [1.82, 2.24) is 0 Å². The summed E-state index contributed by atoms with van der Waals surface area (Å²) in [6, 6.07) is 9.65. The van der Waals surface area contributed by atoms with Crippen molar-refractivity contribution in [3.8, 4) is 0 Å². The van der Waals surface area contributed by atoms with Crippen LogP contribution >= 0.6 is 0 Å². The van der Waals surface area contributed by atoms with E-state index in [1.54, 1.807) is 0 Å². The van der Waals surface area contributed by atoms with Crippen molar-refractivity contribution in [2.75, 3.05) is 14.2 Å². The third-order valence-corrected chi connectivity index (χ3v) is 2.49. The molecule has 0 amide bonds. The number of carbonyl (C=O) groups excluding carboxylic acids is 1. The SMILES string of the molecule is COC(=O)/C=C(/CC(O)Cc1ccccc1)OC. The van der Waals surface area contributed by atoms with Gasteiger partial charge in [0, 0.05) is 6.42 Å². The minimum atomic E-state index is -0.594. The standard InChI is InChI=1S/C14H18O4/c1-17-13(10-14(16)18-2)9-12(15)8-11-6-4-3-5-7-11/h3-7,10,12,15H,8-9H2,1-2H3/b13-10-. The van der Waals surface area contributed by atoms with Crippen molar-refractivity contribution in [3.63, 3.8) is 0 Å². The quantitative estimate of drug-likeness (QED) is 0.474. The van der Waals surface area contributed by atoms with Gasteiger partial charge >= 0.3 is 5.97 Å². The topological polar surface area (TPSA) is 55.8 Å². The smallest absolute Gasteiger partial charge is 0.333 e. The van der Waals surface area contributed by atoms with Crippen LogP contribution in [0.1, 0.15) is 12.0 Å². The van der Waals surface area contributed by atoms with Gasteiger partial charge in [0.2, 0.25) is 0 Å². The highest BCUT2D eigenvalue weighted by Gasteiger charge is 2.10. The molecule has 0 radical (unpaired) electrons. The first-order valence-electron chi connectivity index (χ1n) is 5.70. The lowest BCUT2D eigenvalue weighted by Crippen LogP contribution is -2.13. The van der Waals surface area contributed by atoms with Crippen molar-refractivity contribution < 1.29 is 19.4 Å². The molecule has 1 atom stereocenters. The van der Waals surface area contributed by atoms with Gasteiger partial charge in [-0.3, -0.25) is 0 Å². The summed E-state index contributed by atoms with van der Waals surface area (Å²) in [7, 11) is 2.76. The lowest BCUT2D eigenvalue weighted by Gasteiger charge is -2.12.